The maximum atomic E-state index is 12.4. The van der Waals surface area contributed by atoms with Crippen LogP contribution in [-0.4, -0.2) is 18.5 Å². The second-order valence-electron chi connectivity index (χ2n) is 4.87. The number of hydrogen-bond acceptors (Lipinski definition) is 3. The summed E-state index contributed by atoms with van der Waals surface area (Å²) < 4.78 is 66.1. The van der Waals surface area contributed by atoms with E-state index >= 15 is 0 Å². The Labute approximate surface area is 143 Å². The van der Waals surface area contributed by atoms with Gasteiger partial charge in [-0.15, -0.1) is 0 Å². The molecule has 2 aromatic carbocycles. The molecule has 0 fully saturated rings. The summed E-state index contributed by atoms with van der Waals surface area (Å²) in [5.41, 5.74) is -3.91. The van der Waals surface area contributed by atoms with E-state index in [2.05, 4.69) is 20.1 Å². The summed E-state index contributed by atoms with van der Waals surface area (Å²) in [5.74, 6) is -0.395. The first kappa shape index (κ1) is 16.8. The highest BCUT2D eigenvalue weighted by Crippen LogP contribution is 2.30. The molecule has 1 aromatic heterocycles. The number of nitrogens with zero attached hydrogens (tertiary/aromatic N) is 1. The topological polar surface area (TPSA) is 48.3 Å². The number of halogens is 4. The third-order valence-electron chi connectivity index (χ3n) is 3.26. The Hall–Kier alpha value is -2.00. The molecule has 0 spiro atoms. The van der Waals surface area contributed by atoms with E-state index in [0.29, 0.717) is 10.9 Å². The zero-order valence-corrected chi connectivity index (χ0v) is 14.2. The average Bonchev–Trinajstić information content (AvgIpc) is 2.89. The number of alkyl halides is 3. The molecule has 0 N–H and O–H groups in total. The van der Waals surface area contributed by atoms with Crippen LogP contribution in [0.3, 0.4) is 0 Å². The van der Waals surface area contributed by atoms with Crippen LogP contribution in [0.5, 0.6) is 5.75 Å². The van der Waals surface area contributed by atoms with Crippen LogP contribution in [-0.2, 0) is 10.1 Å². The van der Waals surface area contributed by atoms with Gasteiger partial charge in [0.05, 0.1) is 5.52 Å². The zero-order valence-electron chi connectivity index (χ0n) is 11.8. The van der Waals surface area contributed by atoms with Gasteiger partial charge in [0, 0.05) is 21.7 Å². The maximum Gasteiger partial charge on any atom is 0.534 e. The second kappa shape index (κ2) is 5.82. The highest BCUT2D eigenvalue weighted by molar-refractivity contribution is 9.10. The molecule has 0 aliphatic rings. The van der Waals surface area contributed by atoms with Gasteiger partial charge in [0.25, 0.3) is 0 Å². The minimum Gasteiger partial charge on any atom is -0.376 e. The van der Waals surface area contributed by atoms with Crippen LogP contribution >= 0.6 is 15.9 Å². The molecule has 3 rings (SSSR count). The van der Waals surface area contributed by atoms with Crippen molar-refractivity contribution in [3.8, 4) is 11.4 Å². The van der Waals surface area contributed by atoms with Crippen molar-refractivity contribution >= 4 is 37.0 Å². The van der Waals surface area contributed by atoms with Gasteiger partial charge in [-0.25, -0.2) is 0 Å². The first-order valence-electron chi connectivity index (χ1n) is 6.55. The van der Waals surface area contributed by atoms with E-state index in [9.17, 15) is 21.6 Å². The van der Waals surface area contributed by atoms with Crippen LogP contribution in [0.2, 0.25) is 0 Å². The van der Waals surface area contributed by atoms with Crippen molar-refractivity contribution in [2.24, 2.45) is 0 Å². The van der Waals surface area contributed by atoms with E-state index in [1.807, 2.05) is 28.8 Å². The fourth-order valence-electron chi connectivity index (χ4n) is 2.17. The summed E-state index contributed by atoms with van der Waals surface area (Å²) in [6.45, 7) is 0. The van der Waals surface area contributed by atoms with Gasteiger partial charge in [0.1, 0.15) is 5.75 Å². The van der Waals surface area contributed by atoms with Gasteiger partial charge in [-0.3, -0.25) is 0 Å². The molecule has 126 valence electrons. The van der Waals surface area contributed by atoms with E-state index < -0.39 is 21.4 Å². The van der Waals surface area contributed by atoms with E-state index in [4.69, 9.17) is 0 Å². The van der Waals surface area contributed by atoms with Crippen molar-refractivity contribution in [2.75, 3.05) is 0 Å². The molecule has 3 aromatic rings. The summed E-state index contributed by atoms with van der Waals surface area (Å²) in [6.07, 6.45) is 1.73. The van der Waals surface area contributed by atoms with Crippen LogP contribution < -0.4 is 4.18 Å². The maximum absolute atomic E-state index is 12.4. The van der Waals surface area contributed by atoms with Crippen molar-refractivity contribution in [1.29, 1.82) is 0 Å². The van der Waals surface area contributed by atoms with Crippen LogP contribution in [0.25, 0.3) is 16.6 Å². The fraction of sp³-hybridized carbons (Fsp3) is 0.0667. The smallest absolute Gasteiger partial charge is 0.376 e. The molecule has 0 amide bonds. The summed E-state index contributed by atoms with van der Waals surface area (Å²) in [5, 5.41) is 0.549. The third-order valence-corrected chi connectivity index (χ3v) is 4.76. The number of rotatable bonds is 3. The standard InChI is InChI=1S/C15H9BrF3NO3S/c16-11-1-3-12(4-2-11)20-8-7-10-9-13(5-6-14(10)20)23-24(21,22)15(17,18)19/h1-9H. The van der Waals surface area contributed by atoms with Crippen LogP contribution in [0.1, 0.15) is 0 Å². The molecule has 0 radical (unpaired) electrons. The Bertz CT molecular complexity index is 995. The summed E-state index contributed by atoms with van der Waals surface area (Å²) >= 11 is 3.34. The molecule has 0 saturated heterocycles. The quantitative estimate of drug-likeness (QED) is 0.459. The predicted molar refractivity (Wildman–Crippen MR) is 86.6 cm³/mol. The minimum absolute atomic E-state index is 0.395. The molecule has 4 nitrogen and oxygen atoms in total. The van der Waals surface area contributed by atoms with Gasteiger partial charge in [-0.1, -0.05) is 15.9 Å². The predicted octanol–water partition coefficient (Wildman–Crippen LogP) is 4.62. The molecular formula is C15H9BrF3NO3S. The molecule has 0 atom stereocenters. The van der Waals surface area contributed by atoms with Gasteiger partial charge in [0.15, 0.2) is 0 Å². The molecule has 24 heavy (non-hydrogen) atoms. The van der Waals surface area contributed by atoms with Gasteiger partial charge in [-0.05, 0) is 48.5 Å². The Balaban J connectivity index is 1.98. The summed E-state index contributed by atoms with van der Waals surface area (Å²) in [6, 6.07) is 13.0. The normalized spacial score (nSPS) is 12.5. The zero-order chi connectivity index (χ0) is 17.5. The van der Waals surface area contributed by atoms with E-state index in [0.717, 1.165) is 10.2 Å². The largest absolute Gasteiger partial charge is 0.534 e. The number of fused-ring (bicyclic) bond motifs is 1. The Kier molecular flexibility index (Phi) is 4.08. The van der Waals surface area contributed by atoms with Crippen molar-refractivity contribution < 1.29 is 25.8 Å². The highest BCUT2D eigenvalue weighted by Gasteiger charge is 2.48. The monoisotopic (exact) mass is 419 g/mol. The van der Waals surface area contributed by atoms with Crippen LogP contribution in [0, 0.1) is 0 Å². The van der Waals surface area contributed by atoms with Crippen molar-refractivity contribution in [3.63, 3.8) is 0 Å². The lowest BCUT2D eigenvalue weighted by Gasteiger charge is -2.10. The molecular weight excluding hydrogens is 411 g/mol. The third kappa shape index (κ3) is 3.13. The van der Waals surface area contributed by atoms with Gasteiger partial charge >= 0.3 is 15.6 Å². The van der Waals surface area contributed by atoms with Gasteiger partial charge in [-0.2, -0.15) is 21.6 Å². The molecule has 0 unspecified atom stereocenters. The molecule has 0 aliphatic heterocycles. The number of aromatic nitrogens is 1. The van der Waals surface area contributed by atoms with Crippen molar-refractivity contribution in [3.05, 3.63) is 59.2 Å². The number of benzene rings is 2. The first-order valence-corrected chi connectivity index (χ1v) is 8.75. The lowest BCUT2D eigenvalue weighted by molar-refractivity contribution is -0.0500. The Morgan fingerprint density at radius 3 is 2.29 bits per heavy atom. The molecule has 0 aliphatic carbocycles. The minimum atomic E-state index is -5.68. The number of hydrogen-bond donors (Lipinski definition) is 0. The van der Waals surface area contributed by atoms with Gasteiger partial charge < -0.3 is 8.75 Å². The summed E-state index contributed by atoms with van der Waals surface area (Å²) in [4.78, 5) is 0. The van der Waals surface area contributed by atoms with E-state index in [1.165, 1.54) is 18.2 Å². The van der Waals surface area contributed by atoms with Crippen LogP contribution in [0.15, 0.2) is 59.2 Å². The SMILES string of the molecule is O=S(=O)(Oc1ccc2c(ccn2-c2ccc(Br)cc2)c1)C(F)(F)F. The summed E-state index contributed by atoms with van der Waals surface area (Å²) in [7, 11) is -5.68. The fourth-order valence-corrected chi connectivity index (χ4v) is 2.89. The van der Waals surface area contributed by atoms with Crippen molar-refractivity contribution in [2.45, 2.75) is 5.51 Å². The molecule has 1 heterocycles. The molecule has 0 saturated carbocycles. The molecule has 0 bridgehead atoms. The van der Waals surface area contributed by atoms with Gasteiger partial charge in [0.2, 0.25) is 0 Å². The van der Waals surface area contributed by atoms with Crippen LogP contribution in [0.4, 0.5) is 13.2 Å². The van der Waals surface area contributed by atoms with E-state index in [-0.39, 0.29) is 0 Å². The second-order valence-corrected chi connectivity index (χ2v) is 7.32. The van der Waals surface area contributed by atoms with Crippen molar-refractivity contribution in [1.82, 2.24) is 4.57 Å². The highest BCUT2D eigenvalue weighted by atomic mass is 79.9. The Morgan fingerprint density at radius 2 is 1.67 bits per heavy atom. The van der Waals surface area contributed by atoms with E-state index in [1.54, 1.807) is 12.3 Å². The average molecular weight is 420 g/mol. The first-order chi connectivity index (χ1) is 11.2. The lowest BCUT2D eigenvalue weighted by Crippen LogP contribution is -2.28. The Morgan fingerprint density at radius 1 is 1.00 bits per heavy atom. The lowest BCUT2D eigenvalue weighted by atomic mass is 10.2. The molecule has 9 heteroatoms.